The van der Waals surface area contributed by atoms with Crippen LogP contribution >= 0.6 is 11.6 Å². The minimum absolute atomic E-state index is 0.112. The number of nitrogens with one attached hydrogen (secondary N) is 4. The molecule has 1 aliphatic rings. The van der Waals surface area contributed by atoms with Gasteiger partial charge in [-0.2, -0.15) is 0 Å². The van der Waals surface area contributed by atoms with Crippen LogP contribution in [0.25, 0.3) is 11.0 Å². The van der Waals surface area contributed by atoms with E-state index >= 15 is 0 Å². The van der Waals surface area contributed by atoms with E-state index in [0.29, 0.717) is 36.0 Å². The average Bonchev–Trinajstić information content (AvgIpc) is 3.08. The van der Waals surface area contributed by atoms with E-state index in [1.165, 1.54) is 0 Å². The third-order valence-corrected chi connectivity index (χ3v) is 4.88. The van der Waals surface area contributed by atoms with E-state index in [4.69, 9.17) is 11.6 Å². The Labute approximate surface area is 146 Å². The van der Waals surface area contributed by atoms with Crippen LogP contribution in [-0.2, 0) is 11.2 Å². The van der Waals surface area contributed by atoms with E-state index in [0.717, 1.165) is 29.7 Å². The predicted molar refractivity (Wildman–Crippen MR) is 95.7 cm³/mol. The minimum atomic E-state index is 0.112. The first kappa shape index (κ1) is 17.2. The van der Waals surface area contributed by atoms with E-state index in [2.05, 4.69) is 40.0 Å². The molecule has 1 saturated heterocycles. The molecule has 2 aromatic rings. The van der Waals surface area contributed by atoms with Gasteiger partial charge in [0.05, 0.1) is 11.0 Å². The molecule has 2 atom stereocenters. The third-order valence-electron chi connectivity index (χ3n) is 4.65. The lowest BCUT2D eigenvalue weighted by Gasteiger charge is -2.17. The number of halogens is 1. The van der Waals surface area contributed by atoms with Crippen molar-refractivity contribution in [1.29, 1.82) is 0 Å². The number of imidazole rings is 1. The SMILES string of the molecule is CC1NNC(C)C1CC(=O)NCCCc1nc2ccc(Cl)cc2[nH]1. The van der Waals surface area contributed by atoms with E-state index in [1.807, 2.05) is 18.2 Å². The van der Waals surface area contributed by atoms with Gasteiger partial charge < -0.3 is 10.3 Å². The van der Waals surface area contributed by atoms with E-state index in [1.54, 1.807) is 0 Å². The van der Waals surface area contributed by atoms with Crippen LogP contribution in [0.15, 0.2) is 18.2 Å². The minimum Gasteiger partial charge on any atom is -0.356 e. The van der Waals surface area contributed by atoms with Crippen LogP contribution < -0.4 is 16.2 Å². The molecule has 6 nitrogen and oxygen atoms in total. The highest BCUT2D eigenvalue weighted by Crippen LogP contribution is 2.19. The molecule has 1 aromatic heterocycles. The predicted octanol–water partition coefficient (Wildman–Crippen LogP) is 2.16. The monoisotopic (exact) mass is 349 g/mol. The largest absolute Gasteiger partial charge is 0.356 e. The van der Waals surface area contributed by atoms with Gasteiger partial charge in [0.15, 0.2) is 0 Å². The van der Waals surface area contributed by atoms with Crippen molar-refractivity contribution in [3.8, 4) is 0 Å². The summed E-state index contributed by atoms with van der Waals surface area (Å²) in [6, 6.07) is 6.25. The summed E-state index contributed by atoms with van der Waals surface area (Å²) in [4.78, 5) is 19.9. The summed E-state index contributed by atoms with van der Waals surface area (Å²) in [7, 11) is 0. The van der Waals surface area contributed by atoms with Crippen molar-refractivity contribution in [2.45, 2.75) is 45.2 Å². The Morgan fingerprint density at radius 2 is 2.04 bits per heavy atom. The first-order chi connectivity index (χ1) is 11.5. The fourth-order valence-corrected chi connectivity index (χ4v) is 3.36. The highest BCUT2D eigenvalue weighted by molar-refractivity contribution is 6.31. The Hall–Kier alpha value is -1.63. The summed E-state index contributed by atoms with van der Waals surface area (Å²) in [5, 5.41) is 3.70. The number of benzene rings is 1. The first-order valence-electron chi connectivity index (χ1n) is 8.45. The molecule has 2 heterocycles. The second-order valence-electron chi connectivity index (χ2n) is 6.53. The lowest BCUT2D eigenvalue weighted by molar-refractivity contribution is -0.122. The maximum Gasteiger partial charge on any atom is 0.220 e. The summed E-state index contributed by atoms with van der Waals surface area (Å²) in [6.45, 7) is 4.86. The van der Waals surface area contributed by atoms with Crippen LogP contribution in [0.4, 0.5) is 0 Å². The molecule has 1 aromatic carbocycles. The van der Waals surface area contributed by atoms with E-state index < -0.39 is 0 Å². The number of aryl methyl sites for hydroxylation is 1. The van der Waals surface area contributed by atoms with Crippen LogP contribution in [0.5, 0.6) is 0 Å². The number of aromatic amines is 1. The Bertz CT molecular complexity index is 706. The van der Waals surface area contributed by atoms with Crippen molar-refractivity contribution in [3.63, 3.8) is 0 Å². The maximum absolute atomic E-state index is 12.1. The summed E-state index contributed by atoms with van der Waals surface area (Å²) in [5.74, 6) is 1.36. The van der Waals surface area contributed by atoms with Crippen LogP contribution in [0.3, 0.4) is 0 Å². The molecule has 130 valence electrons. The molecule has 24 heavy (non-hydrogen) atoms. The standard InChI is InChI=1S/C17H24ClN5O/c1-10-13(11(2)23-22-10)9-17(24)19-7-3-4-16-20-14-6-5-12(18)8-15(14)21-16/h5-6,8,10-11,13,22-23H,3-4,7,9H2,1-2H3,(H,19,24)(H,20,21). The van der Waals surface area contributed by atoms with Gasteiger partial charge in [-0.05, 0) is 38.5 Å². The van der Waals surface area contributed by atoms with Crippen molar-refractivity contribution in [2.24, 2.45) is 5.92 Å². The van der Waals surface area contributed by atoms with Crippen LogP contribution in [0, 0.1) is 5.92 Å². The summed E-state index contributed by atoms with van der Waals surface area (Å²) in [5.41, 5.74) is 8.23. The number of H-pyrrole nitrogens is 1. The molecular formula is C17H24ClN5O. The van der Waals surface area contributed by atoms with Gasteiger partial charge in [-0.1, -0.05) is 11.6 Å². The molecule has 7 heteroatoms. The smallest absolute Gasteiger partial charge is 0.220 e. The van der Waals surface area contributed by atoms with Crippen LogP contribution in [-0.4, -0.2) is 34.5 Å². The normalized spacial score (nSPS) is 23.7. The third kappa shape index (κ3) is 4.06. The number of hydrogen-bond acceptors (Lipinski definition) is 4. The number of fused-ring (bicyclic) bond motifs is 1. The van der Waals surface area contributed by atoms with Crippen LogP contribution in [0.2, 0.25) is 5.02 Å². The Balaban J connectivity index is 1.42. The molecule has 1 amide bonds. The van der Waals surface area contributed by atoms with Crippen molar-refractivity contribution in [3.05, 3.63) is 29.0 Å². The quantitative estimate of drug-likeness (QED) is 0.602. The summed E-state index contributed by atoms with van der Waals surface area (Å²) in [6.07, 6.45) is 2.20. The lowest BCUT2D eigenvalue weighted by atomic mass is 9.93. The zero-order chi connectivity index (χ0) is 17.1. The number of nitrogens with zero attached hydrogens (tertiary/aromatic N) is 1. The molecule has 0 saturated carbocycles. The van der Waals surface area contributed by atoms with Gasteiger partial charge >= 0.3 is 0 Å². The van der Waals surface area contributed by atoms with Crippen molar-refractivity contribution < 1.29 is 4.79 Å². The van der Waals surface area contributed by atoms with Crippen molar-refractivity contribution >= 4 is 28.5 Å². The second-order valence-corrected chi connectivity index (χ2v) is 6.97. The number of hydrogen-bond donors (Lipinski definition) is 4. The fraction of sp³-hybridized carbons (Fsp3) is 0.529. The van der Waals surface area contributed by atoms with Crippen molar-refractivity contribution in [2.75, 3.05) is 6.54 Å². The highest BCUT2D eigenvalue weighted by Gasteiger charge is 2.31. The Morgan fingerprint density at radius 1 is 1.29 bits per heavy atom. The zero-order valence-electron chi connectivity index (χ0n) is 14.0. The topological polar surface area (TPSA) is 81.8 Å². The van der Waals surface area contributed by atoms with E-state index in [-0.39, 0.29) is 5.91 Å². The molecule has 0 spiro atoms. The molecule has 0 aliphatic carbocycles. The van der Waals surface area contributed by atoms with Gasteiger partial charge in [-0.25, -0.2) is 4.98 Å². The average molecular weight is 350 g/mol. The molecule has 1 aliphatic heterocycles. The molecule has 0 bridgehead atoms. The summed E-state index contributed by atoms with van der Waals surface area (Å²) >= 11 is 5.98. The number of aromatic nitrogens is 2. The molecule has 4 N–H and O–H groups in total. The number of rotatable bonds is 6. The number of amides is 1. The maximum atomic E-state index is 12.1. The zero-order valence-corrected chi connectivity index (χ0v) is 14.8. The van der Waals surface area contributed by atoms with Gasteiger partial charge in [0.1, 0.15) is 5.82 Å². The van der Waals surface area contributed by atoms with Crippen LogP contribution in [0.1, 0.15) is 32.5 Å². The Kier molecular flexibility index (Phi) is 5.38. The summed E-state index contributed by atoms with van der Waals surface area (Å²) < 4.78 is 0. The molecular weight excluding hydrogens is 326 g/mol. The van der Waals surface area contributed by atoms with Gasteiger partial charge in [-0.15, -0.1) is 0 Å². The van der Waals surface area contributed by atoms with Gasteiger partial charge in [0.2, 0.25) is 5.91 Å². The van der Waals surface area contributed by atoms with Gasteiger partial charge in [0.25, 0.3) is 0 Å². The second kappa shape index (κ2) is 7.51. The highest BCUT2D eigenvalue weighted by atomic mass is 35.5. The van der Waals surface area contributed by atoms with Gasteiger partial charge in [0, 0.05) is 42.4 Å². The molecule has 1 fully saturated rings. The van der Waals surface area contributed by atoms with E-state index in [9.17, 15) is 4.79 Å². The number of carbonyl (C=O) groups is 1. The number of hydrazine groups is 1. The molecule has 0 radical (unpaired) electrons. The lowest BCUT2D eigenvalue weighted by Crippen LogP contribution is -2.32. The molecule has 3 rings (SSSR count). The Morgan fingerprint density at radius 3 is 2.79 bits per heavy atom. The first-order valence-corrected chi connectivity index (χ1v) is 8.82. The fourth-order valence-electron chi connectivity index (χ4n) is 3.19. The molecule has 2 unspecified atom stereocenters. The number of carbonyl (C=O) groups excluding carboxylic acids is 1. The van der Waals surface area contributed by atoms with Gasteiger partial charge in [-0.3, -0.25) is 15.6 Å². The van der Waals surface area contributed by atoms with Crippen molar-refractivity contribution in [1.82, 2.24) is 26.1 Å².